The van der Waals surface area contributed by atoms with Crippen LogP contribution in [-0.2, 0) is 0 Å². The molecule has 1 heterocycles. The summed E-state index contributed by atoms with van der Waals surface area (Å²) in [4.78, 5) is 4.33. The molecule has 2 nitrogen and oxygen atoms in total. The first kappa shape index (κ1) is 12.3. The van der Waals surface area contributed by atoms with Crippen LogP contribution < -0.4 is 0 Å². The van der Waals surface area contributed by atoms with Crippen LogP contribution in [-0.4, -0.2) is 16.7 Å². The zero-order valence-corrected chi connectivity index (χ0v) is 10.8. The molecule has 0 bridgehead atoms. The van der Waals surface area contributed by atoms with Crippen LogP contribution in [0, 0.1) is 6.92 Å². The molecule has 0 radical (unpaired) electrons. The van der Waals surface area contributed by atoms with Gasteiger partial charge in [0, 0.05) is 17.9 Å². The number of aliphatic hydroxyl groups excluding tert-OH is 1. The van der Waals surface area contributed by atoms with Crippen LogP contribution in [0.3, 0.4) is 0 Å². The summed E-state index contributed by atoms with van der Waals surface area (Å²) in [6.07, 6.45) is 0.933. The third kappa shape index (κ3) is 2.43. The topological polar surface area (TPSA) is 33.1 Å². The Morgan fingerprint density at radius 2 is 2.12 bits per heavy atom. The van der Waals surface area contributed by atoms with E-state index in [0.29, 0.717) is 5.15 Å². The van der Waals surface area contributed by atoms with Gasteiger partial charge in [0.2, 0.25) is 0 Å². The van der Waals surface area contributed by atoms with E-state index in [1.807, 2.05) is 25.1 Å². The molecule has 0 aliphatic carbocycles. The summed E-state index contributed by atoms with van der Waals surface area (Å²) < 4.78 is 0. The molecule has 0 fully saturated rings. The first-order valence-corrected chi connectivity index (χ1v) is 6.21. The molecule has 0 aliphatic rings. The lowest BCUT2D eigenvalue weighted by Gasteiger charge is -2.13. The molecule has 1 atom stereocenters. The Hall–Kier alpha value is -1.12. The summed E-state index contributed by atoms with van der Waals surface area (Å²) in [5.74, 6) is 0.204. The van der Waals surface area contributed by atoms with Crippen molar-refractivity contribution in [1.82, 2.24) is 4.98 Å². The van der Waals surface area contributed by atoms with E-state index < -0.39 is 0 Å². The van der Waals surface area contributed by atoms with E-state index >= 15 is 0 Å². The average Bonchev–Trinajstić information content (AvgIpc) is 2.32. The first-order chi connectivity index (χ1) is 8.15. The van der Waals surface area contributed by atoms with E-state index in [1.165, 1.54) is 0 Å². The van der Waals surface area contributed by atoms with Crippen molar-refractivity contribution in [3.05, 3.63) is 40.5 Å². The highest BCUT2D eigenvalue weighted by atomic mass is 35.5. The summed E-state index contributed by atoms with van der Waals surface area (Å²) in [5, 5.41) is 10.9. The van der Waals surface area contributed by atoms with Crippen LogP contribution >= 0.6 is 11.6 Å². The number of fused-ring (bicyclic) bond motifs is 1. The SMILES string of the molecule is CCC(CO)c1ccc2nc(Cl)c(C)cc2c1. The molecule has 1 N–H and O–H groups in total. The lowest BCUT2D eigenvalue weighted by molar-refractivity contribution is 0.262. The fourth-order valence-corrected chi connectivity index (χ4v) is 2.15. The molecule has 0 saturated carbocycles. The lowest BCUT2D eigenvalue weighted by atomic mass is 9.96. The maximum atomic E-state index is 9.31. The summed E-state index contributed by atoms with van der Waals surface area (Å²) in [7, 11) is 0. The molecule has 90 valence electrons. The third-order valence-electron chi connectivity index (χ3n) is 3.15. The number of aromatic nitrogens is 1. The number of aliphatic hydroxyl groups is 1. The van der Waals surface area contributed by atoms with E-state index in [9.17, 15) is 5.11 Å². The standard InChI is InChI=1S/C14H16ClNO/c1-3-10(8-17)11-4-5-13-12(7-11)6-9(2)14(15)16-13/h4-7,10,17H,3,8H2,1-2H3. The maximum Gasteiger partial charge on any atom is 0.132 e. The fourth-order valence-electron chi connectivity index (χ4n) is 2.00. The Morgan fingerprint density at radius 1 is 1.35 bits per heavy atom. The Labute approximate surface area is 106 Å². The zero-order chi connectivity index (χ0) is 12.4. The molecule has 0 saturated heterocycles. The van der Waals surface area contributed by atoms with Gasteiger partial charge in [-0.25, -0.2) is 4.98 Å². The van der Waals surface area contributed by atoms with Crippen LogP contribution in [0.5, 0.6) is 0 Å². The van der Waals surface area contributed by atoms with Crippen LogP contribution in [0.4, 0.5) is 0 Å². The van der Waals surface area contributed by atoms with Gasteiger partial charge in [0.15, 0.2) is 0 Å². The molecule has 3 heteroatoms. The van der Waals surface area contributed by atoms with Crippen molar-refractivity contribution in [2.45, 2.75) is 26.2 Å². The van der Waals surface area contributed by atoms with Crippen molar-refractivity contribution in [3.63, 3.8) is 0 Å². The van der Waals surface area contributed by atoms with Gasteiger partial charge in [-0.15, -0.1) is 0 Å². The monoisotopic (exact) mass is 249 g/mol. The molecule has 2 aromatic rings. The molecule has 0 spiro atoms. The van der Waals surface area contributed by atoms with Crippen molar-refractivity contribution in [2.24, 2.45) is 0 Å². The third-order valence-corrected chi connectivity index (χ3v) is 3.53. The zero-order valence-electron chi connectivity index (χ0n) is 10.1. The quantitative estimate of drug-likeness (QED) is 0.842. The summed E-state index contributed by atoms with van der Waals surface area (Å²) in [6.45, 7) is 4.21. The smallest absolute Gasteiger partial charge is 0.132 e. The van der Waals surface area contributed by atoms with Crippen molar-refractivity contribution >= 4 is 22.5 Å². The molecular formula is C14H16ClNO. The van der Waals surface area contributed by atoms with E-state index in [0.717, 1.165) is 28.5 Å². The Kier molecular flexibility index (Phi) is 3.65. The van der Waals surface area contributed by atoms with Crippen molar-refractivity contribution in [3.8, 4) is 0 Å². The summed E-state index contributed by atoms with van der Waals surface area (Å²) in [5.41, 5.74) is 3.04. The number of hydrogen-bond donors (Lipinski definition) is 1. The lowest BCUT2D eigenvalue weighted by Crippen LogP contribution is -2.02. The predicted molar refractivity (Wildman–Crippen MR) is 71.6 cm³/mol. The number of pyridine rings is 1. The molecular weight excluding hydrogens is 234 g/mol. The summed E-state index contributed by atoms with van der Waals surface area (Å²) in [6, 6.07) is 8.12. The minimum absolute atomic E-state index is 0.183. The van der Waals surface area contributed by atoms with Crippen LogP contribution in [0.15, 0.2) is 24.3 Å². The number of halogens is 1. The van der Waals surface area contributed by atoms with E-state index in [2.05, 4.69) is 18.0 Å². The van der Waals surface area contributed by atoms with Gasteiger partial charge >= 0.3 is 0 Å². The molecule has 1 aromatic carbocycles. The molecule has 0 amide bonds. The average molecular weight is 250 g/mol. The molecule has 1 unspecified atom stereocenters. The highest BCUT2D eigenvalue weighted by molar-refractivity contribution is 6.30. The second-order valence-corrected chi connectivity index (χ2v) is 4.69. The van der Waals surface area contributed by atoms with Gasteiger partial charge in [-0.1, -0.05) is 24.6 Å². The van der Waals surface area contributed by atoms with Crippen molar-refractivity contribution in [2.75, 3.05) is 6.61 Å². The van der Waals surface area contributed by atoms with Crippen LogP contribution in [0.2, 0.25) is 5.15 Å². The van der Waals surface area contributed by atoms with Gasteiger partial charge in [0.1, 0.15) is 5.15 Å². The first-order valence-electron chi connectivity index (χ1n) is 5.83. The van der Waals surface area contributed by atoms with Gasteiger partial charge in [-0.05, 0) is 42.7 Å². The van der Waals surface area contributed by atoms with E-state index in [1.54, 1.807) is 0 Å². The van der Waals surface area contributed by atoms with Gasteiger partial charge in [0.25, 0.3) is 0 Å². The molecule has 17 heavy (non-hydrogen) atoms. The maximum absolute atomic E-state index is 9.31. The second kappa shape index (κ2) is 5.03. The fraction of sp³-hybridized carbons (Fsp3) is 0.357. The van der Waals surface area contributed by atoms with Gasteiger partial charge < -0.3 is 5.11 Å². The number of rotatable bonds is 3. The minimum Gasteiger partial charge on any atom is -0.396 e. The minimum atomic E-state index is 0.183. The second-order valence-electron chi connectivity index (χ2n) is 4.34. The number of nitrogens with zero attached hydrogens (tertiary/aromatic N) is 1. The Morgan fingerprint density at radius 3 is 2.76 bits per heavy atom. The van der Waals surface area contributed by atoms with Gasteiger partial charge in [-0.3, -0.25) is 0 Å². The molecule has 0 aliphatic heterocycles. The normalized spacial score (nSPS) is 12.9. The highest BCUT2D eigenvalue weighted by Crippen LogP contribution is 2.25. The Balaban J connectivity index is 2.53. The number of benzene rings is 1. The Bertz CT molecular complexity index is 535. The van der Waals surface area contributed by atoms with Crippen LogP contribution in [0.1, 0.15) is 30.4 Å². The van der Waals surface area contributed by atoms with Crippen molar-refractivity contribution in [1.29, 1.82) is 0 Å². The molecule has 2 rings (SSSR count). The predicted octanol–water partition coefficient (Wildman–Crippen LogP) is 3.68. The van der Waals surface area contributed by atoms with E-state index in [4.69, 9.17) is 11.6 Å². The van der Waals surface area contributed by atoms with Crippen LogP contribution in [0.25, 0.3) is 10.9 Å². The number of aryl methyl sites for hydroxylation is 1. The van der Waals surface area contributed by atoms with Crippen molar-refractivity contribution < 1.29 is 5.11 Å². The van der Waals surface area contributed by atoms with Gasteiger partial charge in [0.05, 0.1) is 5.52 Å². The van der Waals surface area contributed by atoms with E-state index in [-0.39, 0.29) is 12.5 Å². The largest absolute Gasteiger partial charge is 0.396 e. The van der Waals surface area contributed by atoms with Gasteiger partial charge in [-0.2, -0.15) is 0 Å². The number of hydrogen-bond acceptors (Lipinski definition) is 2. The molecule has 1 aromatic heterocycles. The summed E-state index contributed by atoms with van der Waals surface area (Å²) >= 11 is 5.99. The highest BCUT2D eigenvalue weighted by Gasteiger charge is 2.09.